The minimum absolute atomic E-state index is 0.0394. The molecule has 0 bridgehead atoms. The molecule has 0 unspecified atom stereocenters. The highest BCUT2D eigenvalue weighted by molar-refractivity contribution is 5.71. The van der Waals surface area contributed by atoms with Crippen LogP contribution in [0.4, 0.5) is 5.69 Å². The molecule has 0 aliphatic carbocycles. The van der Waals surface area contributed by atoms with Crippen molar-refractivity contribution < 1.29 is 0 Å². The van der Waals surface area contributed by atoms with Gasteiger partial charge in [-0.2, -0.15) is 0 Å². The maximum absolute atomic E-state index is 4.45. The molecule has 74 valence electrons. The highest BCUT2D eigenvalue weighted by Crippen LogP contribution is 2.20. The van der Waals surface area contributed by atoms with Crippen LogP contribution in [0.5, 0.6) is 0 Å². The molecule has 0 saturated heterocycles. The number of aliphatic imine (C=N–C) groups is 1. The number of nitrogens with zero attached hydrogens (tertiary/aromatic N) is 1. The van der Waals surface area contributed by atoms with E-state index < -0.39 is 0 Å². The molecule has 0 atom stereocenters. The van der Waals surface area contributed by atoms with Crippen LogP contribution >= 0.6 is 0 Å². The summed E-state index contributed by atoms with van der Waals surface area (Å²) >= 11 is 0. The first-order valence-electron chi connectivity index (χ1n) is 4.79. The number of benzene rings is 1. The summed E-state index contributed by atoms with van der Waals surface area (Å²) in [5, 5.41) is 0. The van der Waals surface area contributed by atoms with Crippen LogP contribution in [-0.4, -0.2) is 6.21 Å². The fraction of sp³-hybridized carbons (Fsp3) is 0.308. The van der Waals surface area contributed by atoms with Crippen LogP contribution in [0.25, 0.3) is 0 Å². The number of para-hydroxylation sites is 1. The summed E-state index contributed by atoms with van der Waals surface area (Å²) < 4.78 is 0. The smallest absolute Gasteiger partial charge is 0.0655 e. The first-order chi connectivity index (χ1) is 6.55. The predicted molar refractivity (Wildman–Crippen MR) is 63.3 cm³/mol. The third-order valence-electron chi connectivity index (χ3n) is 2.18. The molecule has 0 amide bonds. The van der Waals surface area contributed by atoms with Crippen molar-refractivity contribution in [1.82, 2.24) is 0 Å². The van der Waals surface area contributed by atoms with Gasteiger partial charge in [-0.15, -0.1) is 6.58 Å². The summed E-state index contributed by atoms with van der Waals surface area (Å²) in [5.41, 5.74) is 2.19. The Labute approximate surface area is 86.2 Å². The second-order valence-electron chi connectivity index (χ2n) is 4.07. The normalized spacial score (nSPS) is 11.9. The van der Waals surface area contributed by atoms with Gasteiger partial charge < -0.3 is 0 Å². The minimum Gasteiger partial charge on any atom is -0.260 e. The van der Waals surface area contributed by atoms with Gasteiger partial charge >= 0.3 is 0 Å². The van der Waals surface area contributed by atoms with Gasteiger partial charge in [0.05, 0.1) is 5.69 Å². The summed E-state index contributed by atoms with van der Waals surface area (Å²) in [7, 11) is 0. The van der Waals surface area contributed by atoms with E-state index in [4.69, 9.17) is 0 Å². The molecule has 1 rings (SSSR count). The molecule has 0 N–H and O–H groups in total. The van der Waals surface area contributed by atoms with Gasteiger partial charge in [-0.1, -0.05) is 38.1 Å². The summed E-state index contributed by atoms with van der Waals surface area (Å²) in [6, 6.07) is 8.10. The number of aryl methyl sites for hydroxylation is 1. The van der Waals surface area contributed by atoms with Gasteiger partial charge in [-0.3, -0.25) is 4.99 Å². The quantitative estimate of drug-likeness (QED) is 0.502. The van der Waals surface area contributed by atoms with Crippen LogP contribution in [0.15, 0.2) is 41.9 Å². The van der Waals surface area contributed by atoms with Crippen molar-refractivity contribution in [3.63, 3.8) is 0 Å². The molecule has 0 spiro atoms. The molecule has 1 aromatic carbocycles. The summed E-state index contributed by atoms with van der Waals surface area (Å²) in [4.78, 5) is 4.45. The van der Waals surface area contributed by atoms with E-state index in [1.165, 1.54) is 5.56 Å². The number of hydrogen-bond acceptors (Lipinski definition) is 1. The molecular weight excluding hydrogens is 170 g/mol. The molecule has 0 heterocycles. The van der Waals surface area contributed by atoms with Gasteiger partial charge in [-0.05, 0) is 18.6 Å². The maximum Gasteiger partial charge on any atom is 0.0655 e. The molecule has 14 heavy (non-hydrogen) atoms. The van der Waals surface area contributed by atoms with Crippen molar-refractivity contribution in [1.29, 1.82) is 0 Å². The lowest BCUT2D eigenvalue weighted by Crippen LogP contribution is -2.07. The Morgan fingerprint density at radius 2 is 1.93 bits per heavy atom. The predicted octanol–water partition coefficient (Wildman–Crippen LogP) is 3.91. The molecule has 0 radical (unpaired) electrons. The van der Waals surface area contributed by atoms with Crippen LogP contribution in [0, 0.1) is 12.3 Å². The van der Waals surface area contributed by atoms with Gasteiger partial charge in [0.1, 0.15) is 0 Å². The van der Waals surface area contributed by atoms with E-state index in [1.807, 2.05) is 30.5 Å². The lowest BCUT2D eigenvalue weighted by molar-refractivity contribution is 0.696. The molecule has 0 aromatic heterocycles. The molecule has 0 aliphatic rings. The van der Waals surface area contributed by atoms with Crippen molar-refractivity contribution in [3.05, 3.63) is 42.5 Å². The molecule has 0 saturated carbocycles. The monoisotopic (exact) mass is 187 g/mol. The fourth-order valence-corrected chi connectivity index (χ4v) is 0.997. The van der Waals surface area contributed by atoms with Crippen molar-refractivity contribution in [2.24, 2.45) is 10.4 Å². The van der Waals surface area contributed by atoms with Gasteiger partial charge in [0.2, 0.25) is 0 Å². The maximum atomic E-state index is 4.45. The molecular formula is C13H17N. The Kier molecular flexibility index (Phi) is 3.23. The third-order valence-corrected chi connectivity index (χ3v) is 2.18. The Bertz CT molecular complexity index is 348. The van der Waals surface area contributed by atoms with E-state index in [1.54, 1.807) is 0 Å². The first kappa shape index (κ1) is 10.7. The zero-order valence-electron chi connectivity index (χ0n) is 9.12. The molecule has 1 heteroatoms. The van der Waals surface area contributed by atoms with Crippen molar-refractivity contribution in [2.45, 2.75) is 20.8 Å². The van der Waals surface area contributed by atoms with Crippen LogP contribution in [0.1, 0.15) is 19.4 Å². The minimum atomic E-state index is -0.0394. The van der Waals surface area contributed by atoms with Crippen molar-refractivity contribution in [2.75, 3.05) is 0 Å². The number of hydrogen-bond donors (Lipinski definition) is 0. The van der Waals surface area contributed by atoms with E-state index in [9.17, 15) is 0 Å². The molecule has 1 aromatic rings. The van der Waals surface area contributed by atoms with Gasteiger partial charge in [0, 0.05) is 11.6 Å². The SMILES string of the molecule is C=CC(C)(C)/C=N\c1ccccc1C. The Hall–Kier alpha value is -1.37. The molecule has 1 nitrogen and oxygen atoms in total. The van der Waals surface area contributed by atoms with Crippen LogP contribution < -0.4 is 0 Å². The van der Waals surface area contributed by atoms with E-state index in [-0.39, 0.29) is 5.41 Å². The standard InChI is InChI=1S/C13H17N/c1-5-13(3,4)10-14-12-9-7-6-8-11(12)2/h5-10H,1H2,2-4H3/b14-10-. The summed E-state index contributed by atoms with van der Waals surface area (Å²) in [6.07, 6.45) is 3.83. The Balaban J connectivity index is 2.89. The second-order valence-corrected chi connectivity index (χ2v) is 4.07. The van der Waals surface area contributed by atoms with E-state index in [0.717, 1.165) is 5.69 Å². The third kappa shape index (κ3) is 2.84. The number of rotatable bonds is 3. The van der Waals surface area contributed by atoms with Crippen molar-refractivity contribution in [3.8, 4) is 0 Å². The Morgan fingerprint density at radius 3 is 2.50 bits per heavy atom. The topological polar surface area (TPSA) is 12.4 Å². The highest BCUT2D eigenvalue weighted by atomic mass is 14.7. The molecule has 0 fully saturated rings. The van der Waals surface area contributed by atoms with Crippen molar-refractivity contribution >= 4 is 11.9 Å². The van der Waals surface area contributed by atoms with Crippen LogP contribution in [0.3, 0.4) is 0 Å². The van der Waals surface area contributed by atoms with E-state index >= 15 is 0 Å². The van der Waals surface area contributed by atoms with Gasteiger partial charge in [-0.25, -0.2) is 0 Å². The molecule has 0 aliphatic heterocycles. The lowest BCUT2D eigenvalue weighted by atomic mass is 9.96. The fourth-order valence-electron chi connectivity index (χ4n) is 0.997. The average molecular weight is 187 g/mol. The van der Waals surface area contributed by atoms with Crippen LogP contribution in [-0.2, 0) is 0 Å². The van der Waals surface area contributed by atoms with Crippen LogP contribution in [0.2, 0.25) is 0 Å². The largest absolute Gasteiger partial charge is 0.260 e. The zero-order valence-corrected chi connectivity index (χ0v) is 9.12. The number of allylic oxidation sites excluding steroid dienone is 1. The average Bonchev–Trinajstić information content (AvgIpc) is 2.17. The lowest BCUT2D eigenvalue weighted by Gasteiger charge is -2.12. The highest BCUT2D eigenvalue weighted by Gasteiger charge is 2.08. The van der Waals surface area contributed by atoms with E-state index in [2.05, 4.69) is 38.4 Å². The van der Waals surface area contributed by atoms with Gasteiger partial charge in [0.15, 0.2) is 0 Å². The second kappa shape index (κ2) is 4.23. The van der Waals surface area contributed by atoms with Gasteiger partial charge in [0.25, 0.3) is 0 Å². The summed E-state index contributed by atoms with van der Waals surface area (Å²) in [6.45, 7) is 10.0. The zero-order chi connectivity index (χ0) is 10.6. The first-order valence-corrected chi connectivity index (χ1v) is 4.79. The summed E-state index contributed by atoms with van der Waals surface area (Å²) in [5.74, 6) is 0. The Morgan fingerprint density at radius 1 is 1.29 bits per heavy atom. The van der Waals surface area contributed by atoms with E-state index in [0.29, 0.717) is 0 Å².